The molecule has 0 spiro atoms. The molecule has 25 heavy (non-hydrogen) atoms. The number of nitrogens with one attached hydrogen (secondary N) is 1. The van der Waals surface area contributed by atoms with Crippen molar-refractivity contribution in [3.05, 3.63) is 58.4 Å². The summed E-state index contributed by atoms with van der Waals surface area (Å²) in [5, 5.41) is 4.16. The molecule has 3 N–H and O–H groups in total. The van der Waals surface area contributed by atoms with Gasteiger partial charge in [-0.15, -0.1) is 11.8 Å². The van der Waals surface area contributed by atoms with Crippen molar-refractivity contribution in [1.82, 2.24) is 4.98 Å². The van der Waals surface area contributed by atoms with Gasteiger partial charge in [-0.2, -0.15) is 0 Å². The molecule has 0 saturated carbocycles. The minimum Gasteiger partial charge on any atom is -0.383 e. The lowest BCUT2D eigenvalue weighted by Crippen LogP contribution is -2.36. The molecule has 1 unspecified atom stereocenters. The first-order valence-corrected chi connectivity index (χ1v) is 8.60. The van der Waals surface area contributed by atoms with Crippen LogP contribution in [0, 0.1) is 18.8 Å². The van der Waals surface area contributed by atoms with E-state index in [0.29, 0.717) is 17.1 Å². The lowest BCUT2D eigenvalue weighted by molar-refractivity contribution is 0.100. The monoisotopic (exact) mass is 353 g/mol. The third-order valence-electron chi connectivity index (χ3n) is 4.72. The van der Waals surface area contributed by atoms with Crippen LogP contribution in [0.3, 0.4) is 0 Å². The van der Waals surface area contributed by atoms with Crippen molar-refractivity contribution in [2.45, 2.75) is 31.6 Å². The van der Waals surface area contributed by atoms with Crippen molar-refractivity contribution < 1.29 is 4.79 Å². The van der Waals surface area contributed by atoms with Gasteiger partial charge >= 0.3 is 0 Å². The molecule has 1 heterocycles. The number of hydrogen-bond donors (Lipinski definition) is 2. The van der Waals surface area contributed by atoms with Crippen LogP contribution in [0.2, 0.25) is 5.02 Å². The van der Waals surface area contributed by atoms with Gasteiger partial charge in [0, 0.05) is 42.2 Å². The van der Waals surface area contributed by atoms with E-state index in [1.54, 1.807) is 6.20 Å². The Morgan fingerprint density at radius 1 is 1.40 bits per heavy atom. The zero-order chi connectivity index (χ0) is 17.9. The molecule has 5 heteroatoms. The maximum absolute atomic E-state index is 11.7. The Morgan fingerprint density at radius 2 is 2.24 bits per heavy atom. The van der Waals surface area contributed by atoms with Gasteiger partial charge in [0.05, 0.1) is 11.3 Å². The molecule has 1 amide bonds. The maximum atomic E-state index is 11.7. The number of anilines is 1. The van der Waals surface area contributed by atoms with Crippen LogP contribution < -0.4 is 11.1 Å². The SMILES string of the molecule is Cc1cncc(C(N)=O)c1NCC1(c2cccc(Cl)c2)CC#CCC1. The van der Waals surface area contributed by atoms with Crippen molar-refractivity contribution in [1.29, 1.82) is 0 Å². The number of aromatic nitrogens is 1. The highest BCUT2D eigenvalue weighted by Gasteiger charge is 2.33. The third kappa shape index (κ3) is 3.62. The molecule has 0 fully saturated rings. The molecular formula is C20H20ClN3O. The molecule has 0 aliphatic heterocycles. The van der Waals surface area contributed by atoms with Gasteiger partial charge in [-0.1, -0.05) is 23.7 Å². The zero-order valence-electron chi connectivity index (χ0n) is 14.1. The summed E-state index contributed by atoms with van der Waals surface area (Å²) in [5.41, 5.74) is 8.54. The molecule has 1 atom stereocenters. The smallest absolute Gasteiger partial charge is 0.252 e. The van der Waals surface area contributed by atoms with E-state index in [2.05, 4.69) is 28.2 Å². The number of aryl methyl sites for hydroxylation is 1. The average molecular weight is 354 g/mol. The van der Waals surface area contributed by atoms with Gasteiger partial charge in [0.1, 0.15) is 0 Å². The highest BCUT2D eigenvalue weighted by atomic mass is 35.5. The lowest BCUT2D eigenvalue weighted by Gasteiger charge is -2.35. The minimum absolute atomic E-state index is 0.152. The molecule has 4 nitrogen and oxygen atoms in total. The Morgan fingerprint density at radius 3 is 2.92 bits per heavy atom. The highest BCUT2D eigenvalue weighted by Crippen LogP contribution is 2.36. The quantitative estimate of drug-likeness (QED) is 0.806. The van der Waals surface area contributed by atoms with Crippen LogP contribution in [-0.2, 0) is 5.41 Å². The Kier molecular flexibility index (Phi) is 4.96. The number of pyridine rings is 1. The molecule has 0 radical (unpaired) electrons. The number of halogens is 1. The first-order chi connectivity index (χ1) is 12.0. The van der Waals surface area contributed by atoms with Crippen molar-refractivity contribution >= 4 is 23.2 Å². The van der Waals surface area contributed by atoms with Gasteiger partial charge in [0.15, 0.2) is 0 Å². The first kappa shape index (κ1) is 17.3. The van der Waals surface area contributed by atoms with Gasteiger partial charge in [0.2, 0.25) is 0 Å². The summed E-state index contributed by atoms with van der Waals surface area (Å²) in [6.45, 7) is 2.56. The number of nitrogens with two attached hydrogens (primary N) is 1. The maximum Gasteiger partial charge on any atom is 0.252 e. The largest absolute Gasteiger partial charge is 0.383 e. The summed E-state index contributed by atoms with van der Waals surface area (Å²) in [6.07, 6.45) is 5.75. The number of primary amides is 1. The van der Waals surface area contributed by atoms with Crippen LogP contribution >= 0.6 is 11.6 Å². The van der Waals surface area contributed by atoms with E-state index in [9.17, 15) is 4.79 Å². The highest BCUT2D eigenvalue weighted by molar-refractivity contribution is 6.30. The van der Waals surface area contributed by atoms with Gasteiger partial charge in [0.25, 0.3) is 5.91 Å². The molecule has 1 aromatic heterocycles. The van der Waals surface area contributed by atoms with Crippen LogP contribution in [0.5, 0.6) is 0 Å². The number of rotatable bonds is 5. The molecule has 3 rings (SSSR count). The molecule has 1 aromatic carbocycles. The standard InChI is InChI=1S/C20H20ClN3O/c1-14-11-23-12-17(19(22)25)18(14)24-13-20(8-3-2-4-9-20)15-6-5-7-16(21)10-15/h5-7,10-12H,3,8-9,13H2,1H3,(H2,22,25)(H,23,24). The van der Waals surface area contributed by atoms with Crippen molar-refractivity contribution in [3.8, 4) is 11.8 Å². The first-order valence-electron chi connectivity index (χ1n) is 8.22. The minimum atomic E-state index is -0.487. The average Bonchev–Trinajstić information content (AvgIpc) is 2.61. The van der Waals surface area contributed by atoms with Gasteiger partial charge < -0.3 is 11.1 Å². The number of nitrogens with zero attached hydrogens (tertiary/aromatic N) is 1. The Labute approximate surface area is 152 Å². The van der Waals surface area contributed by atoms with Crippen molar-refractivity contribution in [2.24, 2.45) is 5.73 Å². The number of hydrogen-bond acceptors (Lipinski definition) is 3. The van der Waals surface area contributed by atoms with Gasteiger partial charge in [-0.3, -0.25) is 9.78 Å². The third-order valence-corrected chi connectivity index (χ3v) is 4.96. The molecule has 2 aromatic rings. The van der Waals surface area contributed by atoms with Gasteiger partial charge in [-0.05, 0) is 36.6 Å². The summed E-state index contributed by atoms with van der Waals surface area (Å²) in [6, 6.07) is 7.94. The summed E-state index contributed by atoms with van der Waals surface area (Å²) in [7, 11) is 0. The fourth-order valence-corrected chi connectivity index (χ4v) is 3.46. The predicted octanol–water partition coefficient (Wildman–Crippen LogP) is 3.68. The number of carbonyl (C=O) groups is 1. The van der Waals surface area contributed by atoms with Crippen LogP contribution in [0.15, 0.2) is 36.7 Å². The summed E-state index contributed by atoms with van der Waals surface area (Å²) < 4.78 is 0. The zero-order valence-corrected chi connectivity index (χ0v) is 14.9. The van der Waals surface area contributed by atoms with Crippen LogP contribution in [0.25, 0.3) is 0 Å². The second-order valence-corrected chi connectivity index (χ2v) is 6.85. The van der Waals surface area contributed by atoms with E-state index >= 15 is 0 Å². The summed E-state index contributed by atoms with van der Waals surface area (Å²) >= 11 is 6.21. The molecule has 1 aliphatic carbocycles. The topological polar surface area (TPSA) is 68.0 Å². The predicted molar refractivity (Wildman–Crippen MR) is 101 cm³/mol. The number of benzene rings is 1. The lowest BCUT2D eigenvalue weighted by atomic mass is 9.72. The van der Waals surface area contributed by atoms with Crippen molar-refractivity contribution in [2.75, 3.05) is 11.9 Å². The van der Waals surface area contributed by atoms with Crippen LogP contribution in [0.1, 0.15) is 40.7 Å². The fourth-order valence-electron chi connectivity index (χ4n) is 3.27. The fraction of sp³-hybridized carbons (Fsp3) is 0.300. The van der Waals surface area contributed by atoms with Crippen LogP contribution in [0.4, 0.5) is 5.69 Å². The van der Waals surface area contributed by atoms with E-state index in [1.807, 2.05) is 25.1 Å². The second kappa shape index (κ2) is 7.16. The molecule has 1 aliphatic rings. The Bertz CT molecular complexity index is 869. The van der Waals surface area contributed by atoms with Crippen LogP contribution in [-0.4, -0.2) is 17.4 Å². The summed E-state index contributed by atoms with van der Waals surface area (Å²) in [4.78, 5) is 15.8. The van der Waals surface area contributed by atoms with Gasteiger partial charge in [-0.25, -0.2) is 0 Å². The number of carbonyl (C=O) groups excluding carboxylic acids is 1. The Balaban J connectivity index is 1.94. The molecule has 0 saturated heterocycles. The van der Waals surface area contributed by atoms with E-state index in [1.165, 1.54) is 6.20 Å². The normalized spacial score (nSPS) is 19.0. The van der Waals surface area contributed by atoms with E-state index in [0.717, 1.165) is 36.1 Å². The van der Waals surface area contributed by atoms with E-state index in [4.69, 9.17) is 17.3 Å². The summed E-state index contributed by atoms with van der Waals surface area (Å²) in [5.74, 6) is 5.93. The van der Waals surface area contributed by atoms with Crippen molar-refractivity contribution in [3.63, 3.8) is 0 Å². The van der Waals surface area contributed by atoms with E-state index < -0.39 is 5.91 Å². The van der Waals surface area contributed by atoms with E-state index in [-0.39, 0.29) is 5.41 Å². The molecular weight excluding hydrogens is 334 g/mol. The Hall–Kier alpha value is -2.51. The molecule has 0 bridgehead atoms. The molecule has 128 valence electrons. The number of amides is 1. The second-order valence-electron chi connectivity index (χ2n) is 6.42.